The minimum atomic E-state index is -0.481. The maximum absolute atomic E-state index is 12.1. The van der Waals surface area contributed by atoms with Gasteiger partial charge in [-0.2, -0.15) is 0 Å². The highest BCUT2D eigenvalue weighted by Crippen LogP contribution is 2.50. The number of carbonyl (C=O) groups is 2. The lowest BCUT2D eigenvalue weighted by Crippen LogP contribution is -2.45. The number of urea groups is 1. The monoisotopic (exact) mass is 289 g/mol. The van der Waals surface area contributed by atoms with Crippen molar-refractivity contribution in [2.24, 2.45) is 0 Å². The number of hydrogen-bond donors (Lipinski definition) is 3. The smallest absolute Gasteiger partial charge is 0.315 e. The van der Waals surface area contributed by atoms with Gasteiger partial charge in [0.05, 0.1) is 7.11 Å². The summed E-state index contributed by atoms with van der Waals surface area (Å²) in [4.78, 5) is 23.1. The summed E-state index contributed by atoms with van der Waals surface area (Å²) >= 11 is 0. The first kappa shape index (κ1) is 13.7. The van der Waals surface area contributed by atoms with Gasteiger partial charge >= 0.3 is 6.03 Å². The zero-order chi connectivity index (χ0) is 14.9. The van der Waals surface area contributed by atoms with Crippen molar-refractivity contribution >= 4 is 11.9 Å². The van der Waals surface area contributed by atoms with Crippen molar-refractivity contribution in [1.29, 1.82) is 0 Å². The molecular formula is C15H19N3O3. The van der Waals surface area contributed by atoms with Crippen LogP contribution in [0, 0.1) is 0 Å². The molecule has 0 bridgehead atoms. The van der Waals surface area contributed by atoms with Crippen LogP contribution >= 0.6 is 0 Å². The summed E-state index contributed by atoms with van der Waals surface area (Å²) in [6, 6.07) is 7.15. The minimum Gasteiger partial charge on any atom is -0.496 e. The SMILES string of the molecule is COc1ccccc1C1(CNC(=O)[C@H]2CNC(=O)N2)CC1. The van der Waals surface area contributed by atoms with Gasteiger partial charge in [-0.15, -0.1) is 0 Å². The van der Waals surface area contributed by atoms with E-state index in [-0.39, 0.29) is 17.4 Å². The molecule has 1 atom stereocenters. The number of amides is 3. The van der Waals surface area contributed by atoms with Crippen LogP contribution in [0.5, 0.6) is 5.75 Å². The standard InChI is InChI=1S/C15H19N3O3/c1-21-12-5-3-2-4-10(12)15(6-7-15)9-17-13(19)11-8-16-14(20)18-11/h2-5,11H,6-9H2,1H3,(H,17,19)(H2,16,18,20)/t11-/m1/s1. The third-order valence-corrected chi connectivity index (χ3v) is 4.22. The summed E-state index contributed by atoms with van der Waals surface area (Å²) < 4.78 is 5.41. The number of methoxy groups -OCH3 is 1. The molecular weight excluding hydrogens is 270 g/mol. The highest BCUT2D eigenvalue weighted by Gasteiger charge is 2.46. The van der Waals surface area contributed by atoms with Gasteiger partial charge < -0.3 is 20.7 Å². The zero-order valence-electron chi connectivity index (χ0n) is 11.9. The Bertz CT molecular complexity index is 569. The lowest BCUT2D eigenvalue weighted by Gasteiger charge is -2.20. The fourth-order valence-corrected chi connectivity index (χ4v) is 2.77. The molecule has 1 aliphatic carbocycles. The van der Waals surface area contributed by atoms with Gasteiger partial charge in [0.25, 0.3) is 0 Å². The second-order valence-electron chi connectivity index (χ2n) is 5.61. The summed E-state index contributed by atoms with van der Waals surface area (Å²) in [5.74, 6) is 0.717. The fourth-order valence-electron chi connectivity index (χ4n) is 2.77. The molecule has 112 valence electrons. The van der Waals surface area contributed by atoms with E-state index in [9.17, 15) is 9.59 Å². The van der Waals surface area contributed by atoms with Gasteiger partial charge in [0.2, 0.25) is 5.91 Å². The molecule has 3 rings (SSSR count). The first-order valence-electron chi connectivity index (χ1n) is 7.10. The van der Waals surface area contributed by atoms with Crippen LogP contribution in [-0.2, 0) is 10.2 Å². The topological polar surface area (TPSA) is 79.5 Å². The third kappa shape index (κ3) is 2.66. The van der Waals surface area contributed by atoms with Crippen LogP contribution in [0.1, 0.15) is 18.4 Å². The molecule has 0 radical (unpaired) electrons. The van der Waals surface area contributed by atoms with Gasteiger partial charge in [-0.3, -0.25) is 4.79 Å². The summed E-state index contributed by atoms with van der Waals surface area (Å²) in [6.07, 6.45) is 2.06. The van der Waals surface area contributed by atoms with Gasteiger partial charge in [0.1, 0.15) is 11.8 Å². The van der Waals surface area contributed by atoms with Gasteiger partial charge in [0, 0.05) is 24.1 Å². The predicted molar refractivity (Wildman–Crippen MR) is 77.2 cm³/mol. The van der Waals surface area contributed by atoms with Crippen molar-refractivity contribution in [3.8, 4) is 5.75 Å². The quantitative estimate of drug-likeness (QED) is 0.739. The lowest BCUT2D eigenvalue weighted by molar-refractivity contribution is -0.122. The molecule has 0 spiro atoms. The Hall–Kier alpha value is -2.24. The molecule has 3 amide bonds. The molecule has 1 aliphatic heterocycles. The van der Waals surface area contributed by atoms with Crippen molar-refractivity contribution < 1.29 is 14.3 Å². The number of rotatable bonds is 5. The van der Waals surface area contributed by atoms with E-state index in [0.717, 1.165) is 24.2 Å². The molecule has 1 heterocycles. The summed E-state index contributed by atoms with van der Waals surface area (Å²) in [5, 5.41) is 8.12. The Labute approximate surface area is 123 Å². The average Bonchev–Trinajstić information content (AvgIpc) is 3.18. The Morgan fingerprint density at radius 1 is 1.43 bits per heavy atom. The molecule has 1 aromatic rings. The molecule has 0 unspecified atom stereocenters. The summed E-state index contributed by atoms with van der Waals surface area (Å²) in [7, 11) is 1.66. The maximum atomic E-state index is 12.1. The summed E-state index contributed by atoms with van der Waals surface area (Å²) in [5.41, 5.74) is 1.11. The van der Waals surface area contributed by atoms with Crippen molar-refractivity contribution in [3.05, 3.63) is 29.8 Å². The Balaban J connectivity index is 1.64. The number of carbonyl (C=O) groups excluding carboxylic acids is 2. The van der Waals surface area contributed by atoms with E-state index >= 15 is 0 Å². The van der Waals surface area contributed by atoms with E-state index in [2.05, 4.69) is 22.0 Å². The number of para-hydroxylation sites is 1. The van der Waals surface area contributed by atoms with Crippen LogP contribution in [0.25, 0.3) is 0 Å². The largest absolute Gasteiger partial charge is 0.496 e. The summed E-state index contributed by atoms with van der Waals surface area (Å²) in [6.45, 7) is 0.908. The van der Waals surface area contributed by atoms with Crippen molar-refractivity contribution in [2.75, 3.05) is 20.2 Å². The van der Waals surface area contributed by atoms with E-state index in [1.54, 1.807) is 7.11 Å². The minimum absolute atomic E-state index is 0.0295. The van der Waals surface area contributed by atoms with Crippen LogP contribution in [-0.4, -0.2) is 38.2 Å². The van der Waals surface area contributed by atoms with E-state index in [1.807, 2.05) is 18.2 Å². The van der Waals surface area contributed by atoms with E-state index in [1.165, 1.54) is 0 Å². The fraction of sp³-hybridized carbons (Fsp3) is 0.467. The van der Waals surface area contributed by atoms with Crippen molar-refractivity contribution in [1.82, 2.24) is 16.0 Å². The molecule has 3 N–H and O–H groups in total. The molecule has 6 nitrogen and oxygen atoms in total. The van der Waals surface area contributed by atoms with Gasteiger partial charge in [-0.05, 0) is 18.9 Å². The Morgan fingerprint density at radius 3 is 2.81 bits per heavy atom. The van der Waals surface area contributed by atoms with Gasteiger partial charge in [-0.1, -0.05) is 18.2 Å². The second kappa shape index (κ2) is 5.27. The van der Waals surface area contributed by atoms with Crippen LogP contribution in [0.3, 0.4) is 0 Å². The van der Waals surface area contributed by atoms with E-state index in [4.69, 9.17) is 4.74 Å². The van der Waals surface area contributed by atoms with E-state index < -0.39 is 6.04 Å². The molecule has 1 saturated heterocycles. The predicted octanol–water partition coefficient (Wildman–Crippen LogP) is 0.524. The van der Waals surface area contributed by atoms with Gasteiger partial charge in [0.15, 0.2) is 0 Å². The van der Waals surface area contributed by atoms with E-state index in [0.29, 0.717) is 13.1 Å². The van der Waals surface area contributed by atoms with Crippen LogP contribution in [0.15, 0.2) is 24.3 Å². The molecule has 2 aliphatic rings. The average molecular weight is 289 g/mol. The molecule has 6 heteroatoms. The third-order valence-electron chi connectivity index (χ3n) is 4.22. The zero-order valence-corrected chi connectivity index (χ0v) is 11.9. The number of nitrogens with one attached hydrogen (secondary N) is 3. The number of benzene rings is 1. The first-order valence-corrected chi connectivity index (χ1v) is 7.10. The molecule has 21 heavy (non-hydrogen) atoms. The van der Waals surface area contributed by atoms with Crippen LogP contribution in [0.4, 0.5) is 4.79 Å². The normalized spacial score (nSPS) is 22.1. The number of ether oxygens (including phenoxy) is 1. The highest BCUT2D eigenvalue weighted by atomic mass is 16.5. The van der Waals surface area contributed by atoms with Crippen molar-refractivity contribution in [2.45, 2.75) is 24.3 Å². The molecule has 1 aromatic carbocycles. The van der Waals surface area contributed by atoms with Crippen LogP contribution < -0.4 is 20.7 Å². The Morgan fingerprint density at radius 2 is 2.19 bits per heavy atom. The lowest BCUT2D eigenvalue weighted by atomic mass is 9.94. The number of hydrogen-bond acceptors (Lipinski definition) is 3. The van der Waals surface area contributed by atoms with Gasteiger partial charge in [-0.25, -0.2) is 4.79 Å². The first-order chi connectivity index (χ1) is 10.1. The van der Waals surface area contributed by atoms with Crippen LogP contribution in [0.2, 0.25) is 0 Å². The molecule has 0 aromatic heterocycles. The molecule has 1 saturated carbocycles. The Kier molecular flexibility index (Phi) is 3.45. The maximum Gasteiger partial charge on any atom is 0.315 e. The molecule has 2 fully saturated rings. The van der Waals surface area contributed by atoms with Crippen molar-refractivity contribution in [3.63, 3.8) is 0 Å². The highest BCUT2D eigenvalue weighted by molar-refractivity contribution is 5.90. The second-order valence-corrected chi connectivity index (χ2v) is 5.61.